The summed E-state index contributed by atoms with van der Waals surface area (Å²) in [4.78, 5) is 34.1. The van der Waals surface area contributed by atoms with E-state index >= 15 is 0 Å². The fourth-order valence-corrected chi connectivity index (χ4v) is 3.42. The molecule has 0 saturated heterocycles. The smallest absolute Gasteiger partial charge is 0.243 e. The van der Waals surface area contributed by atoms with Crippen LogP contribution in [0.25, 0.3) is 16.9 Å². The van der Waals surface area contributed by atoms with E-state index in [1.807, 2.05) is 12.1 Å². The number of benzene rings is 1. The van der Waals surface area contributed by atoms with Crippen LogP contribution in [0.5, 0.6) is 5.75 Å². The summed E-state index contributed by atoms with van der Waals surface area (Å²) in [5, 5.41) is 7.82. The molecule has 9 nitrogen and oxygen atoms in total. The normalized spacial score (nSPS) is 12.0. The first-order chi connectivity index (χ1) is 12.9. The molecular formula is C17H18N6O3S. The SMILES string of the molecule is COc1ccc(-n2nnc3c(S[C@@H](C(C)=O)C(=O)N(C)C)ncnc32)cc1. The second-order valence-electron chi connectivity index (χ2n) is 5.89. The average molecular weight is 386 g/mol. The zero-order chi connectivity index (χ0) is 19.6. The fraction of sp³-hybridized carbons (Fsp3) is 0.294. The summed E-state index contributed by atoms with van der Waals surface area (Å²) in [5.41, 5.74) is 1.66. The highest BCUT2D eigenvalue weighted by molar-refractivity contribution is 8.01. The Bertz CT molecular complexity index is 986. The standard InChI is InChI=1S/C17H18N6O3S/c1-10(24)14(17(25)22(2)3)27-16-13-15(18-9-19-16)23(21-20-13)11-5-7-12(26-4)8-6-11/h5-9,14H,1-4H3/t14-/m0/s1. The van der Waals surface area contributed by atoms with Gasteiger partial charge < -0.3 is 9.64 Å². The predicted octanol–water partition coefficient (Wildman–Crippen LogP) is 1.36. The molecule has 0 aliphatic carbocycles. The van der Waals surface area contributed by atoms with Crippen molar-refractivity contribution in [1.29, 1.82) is 0 Å². The molecule has 1 atom stereocenters. The van der Waals surface area contributed by atoms with E-state index in [0.717, 1.165) is 23.2 Å². The lowest BCUT2D eigenvalue weighted by Crippen LogP contribution is -2.36. The third kappa shape index (κ3) is 3.75. The van der Waals surface area contributed by atoms with Gasteiger partial charge >= 0.3 is 0 Å². The van der Waals surface area contributed by atoms with Crippen molar-refractivity contribution in [3.05, 3.63) is 30.6 Å². The molecule has 0 unspecified atom stereocenters. The van der Waals surface area contributed by atoms with E-state index < -0.39 is 5.25 Å². The third-order valence-corrected chi connectivity index (χ3v) is 5.08. The van der Waals surface area contributed by atoms with E-state index in [0.29, 0.717) is 16.2 Å². The Morgan fingerprint density at radius 2 is 1.89 bits per heavy atom. The van der Waals surface area contributed by atoms with E-state index in [-0.39, 0.29) is 11.7 Å². The second kappa shape index (κ2) is 7.70. The number of carbonyl (C=O) groups is 2. The lowest BCUT2D eigenvalue weighted by Gasteiger charge is -2.17. The van der Waals surface area contributed by atoms with E-state index in [4.69, 9.17) is 4.74 Å². The van der Waals surface area contributed by atoms with Crippen LogP contribution >= 0.6 is 11.8 Å². The summed E-state index contributed by atoms with van der Waals surface area (Å²) >= 11 is 1.05. The lowest BCUT2D eigenvalue weighted by atomic mass is 10.3. The maximum absolute atomic E-state index is 12.3. The van der Waals surface area contributed by atoms with Gasteiger partial charge in [-0.25, -0.2) is 9.97 Å². The Kier molecular flexibility index (Phi) is 5.36. The van der Waals surface area contributed by atoms with Gasteiger partial charge in [-0.05, 0) is 31.2 Å². The predicted molar refractivity (Wildman–Crippen MR) is 100 cm³/mol. The van der Waals surface area contributed by atoms with E-state index in [2.05, 4.69) is 20.3 Å². The molecule has 3 aromatic rings. The quantitative estimate of drug-likeness (QED) is 0.355. The summed E-state index contributed by atoms with van der Waals surface area (Å²) in [6.45, 7) is 1.38. The fourth-order valence-electron chi connectivity index (χ4n) is 2.37. The summed E-state index contributed by atoms with van der Waals surface area (Å²) < 4.78 is 6.73. The Labute approximate surface area is 159 Å². The third-order valence-electron chi connectivity index (χ3n) is 3.78. The maximum atomic E-state index is 12.3. The van der Waals surface area contributed by atoms with Gasteiger partial charge in [-0.15, -0.1) is 5.10 Å². The van der Waals surface area contributed by atoms with Crippen molar-refractivity contribution in [3.63, 3.8) is 0 Å². The zero-order valence-corrected chi connectivity index (χ0v) is 16.1. The first-order valence-corrected chi connectivity index (χ1v) is 8.89. The largest absolute Gasteiger partial charge is 0.497 e. The Hall–Kier alpha value is -3.01. The summed E-state index contributed by atoms with van der Waals surface area (Å²) in [7, 11) is 4.81. The van der Waals surface area contributed by atoms with Crippen LogP contribution < -0.4 is 4.74 Å². The summed E-state index contributed by atoms with van der Waals surface area (Å²) in [5.74, 6) is 0.162. The highest BCUT2D eigenvalue weighted by atomic mass is 32.2. The van der Waals surface area contributed by atoms with Crippen LogP contribution in [0.4, 0.5) is 0 Å². The number of methoxy groups -OCH3 is 1. The van der Waals surface area contributed by atoms with Crippen molar-refractivity contribution in [2.24, 2.45) is 0 Å². The van der Waals surface area contributed by atoms with Crippen molar-refractivity contribution >= 4 is 34.6 Å². The number of ether oxygens (including phenoxy) is 1. The number of hydrogen-bond acceptors (Lipinski definition) is 8. The lowest BCUT2D eigenvalue weighted by molar-refractivity contribution is -0.132. The number of carbonyl (C=O) groups excluding carboxylic acids is 2. The van der Waals surface area contributed by atoms with Gasteiger partial charge in [0.2, 0.25) is 5.91 Å². The molecule has 0 fully saturated rings. The maximum Gasteiger partial charge on any atom is 0.243 e. The topological polar surface area (TPSA) is 103 Å². The number of aromatic nitrogens is 5. The molecule has 1 aromatic carbocycles. The Morgan fingerprint density at radius 1 is 1.19 bits per heavy atom. The first-order valence-electron chi connectivity index (χ1n) is 8.01. The highest BCUT2D eigenvalue weighted by Gasteiger charge is 2.28. The molecule has 10 heteroatoms. The van der Waals surface area contributed by atoms with Crippen molar-refractivity contribution < 1.29 is 14.3 Å². The number of amides is 1. The molecule has 1 amide bonds. The van der Waals surface area contributed by atoms with Crippen LogP contribution in [-0.2, 0) is 9.59 Å². The summed E-state index contributed by atoms with van der Waals surface area (Å²) in [6.07, 6.45) is 1.37. The van der Waals surface area contributed by atoms with Gasteiger partial charge in [0.05, 0.1) is 12.8 Å². The van der Waals surface area contributed by atoms with Crippen LogP contribution in [0.3, 0.4) is 0 Å². The number of rotatable bonds is 6. The van der Waals surface area contributed by atoms with Crippen LogP contribution in [0.2, 0.25) is 0 Å². The number of thioether (sulfide) groups is 1. The molecule has 0 radical (unpaired) electrons. The zero-order valence-electron chi connectivity index (χ0n) is 15.3. The molecule has 0 spiro atoms. The Balaban J connectivity index is 2.00. The van der Waals surface area contributed by atoms with E-state index in [1.54, 1.807) is 38.0 Å². The van der Waals surface area contributed by atoms with E-state index in [9.17, 15) is 9.59 Å². The molecule has 140 valence electrons. The Morgan fingerprint density at radius 3 is 2.48 bits per heavy atom. The van der Waals surface area contributed by atoms with Gasteiger partial charge in [-0.1, -0.05) is 17.0 Å². The van der Waals surface area contributed by atoms with Crippen LogP contribution in [0.15, 0.2) is 35.6 Å². The molecule has 2 heterocycles. The molecule has 0 aliphatic heterocycles. The second-order valence-corrected chi connectivity index (χ2v) is 6.99. The van der Waals surface area contributed by atoms with Gasteiger partial charge in [-0.2, -0.15) is 4.68 Å². The molecule has 0 N–H and O–H groups in total. The minimum Gasteiger partial charge on any atom is -0.497 e. The molecule has 0 saturated carbocycles. The van der Waals surface area contributed by atoms with Crippen molar-refractivity contribution in [2.75, 3.05) is 21.2 Å². The minimum absolute atomic E-state index is 0.256. The summed E-state index contributed by atoms with van der Waals surface area (Å²) in [6, 6.07) is 7.27. The molecule has 2 aromatic heterocycles. The molecule has 3 rings (SSSR count). The van der Waals surface area contributed by atoms with Gasteiger partial charge in [0, 0.05) is 14.1 Å². The van der Waals surface area contributed by atoms with Gasteiger partial charge in [-0.3, -0.25) is 9.59 Å². The molecule has 0 bridgehead atoms. The van der Waals surface area contributed by atoms with Crippen molar-refractivity contribution in [2.45, 2.75) is 17.2 Å². The van der Waals surface area contributed by atoms with Gasteiger partial charge in [0.15, 0.2) is 16.9 Å². The number of Topliss-reactive ketones (excluding diaryl/α,β-unsaturated/α-hetero) is 1. The van der Waals surface area contributed by atoms with Crippen LogP contribution in [0, 0.1) is 0 Å². The number of ketones is 1. The van der Waals surface area contributed by atoms with Gasteiger partial charge in [0.25, 0.3) is 0 Å². The highest BCUT2D eigenvalue weighted by Crippen LogP contribution is 2.29. The average Bonchev–Trinajstić information content (AvgIpc) is 3.10. The molecule has 0 aliphatic rings. The van der Waals surface area contributed by atoms with E-state index in [1.165, 1.54) is 18.2 Å². The molecular weight excluding hydrogens is 368 g/mol. The van der Waals surface area contributed by atoms with Crippen molar-refractivity contribution in [1.82, 2.24) is 29.9 Å². The molecule has 27 heavy (non-hydrogen) atoms. The van der Waals surface area contributed by atoms with Crippen molar-refractivity contribution in [3.8, 4) is 11.4 Å². The minimum atomic E-state index is -0.899. The monoisotopic (exact) mass is 386 g/mol. The van der Waals surface area contributed by atoms with Crippen LogP contribution in [-0.4, -0.2) is 68.0 Å². The van der Waals surface area contributed by atoms with Crippen LogP contribution in [0.1, 0.15) is 6.92 Å². The first kappa shape index (κ1) is 18.8. The number of hydrogen-bond donors (Lipinski definition) is 0. The number of nitrogens with zero attached hydrogens (tertiary/aromatic N) is 6. The van der Waals surface area contributed by atoms with Gasteiger partial charge in [0.1, 0.15) is 22.4 Å². The number of fused-ring (bicyclic) bond motifs is 1.